The molecule has 1 unspecified atom stereocenters. The van der Waals surface area contributed by atoms with Gasteiger partial charge in [0, 0.05) is 12.6 Å². The first kappa shape index (κ1) is 16.8. The average Bonchev–Trinajstić information content (AvgIpc) is 2.40. The zero-order valence-electron chi connectivity index (χ0n) is 12.3. The zero-order valence-corrected chi connectivity index (χ0v) is 13.1. The number of hydrogen-bond acceptors (Lipinski definition) is 2. The molecule has 19 heavy (non-hydrogen) atoms. The number of carbonyl (C=O) groups excluding carboxylic acids is 1. The molecule has 1 atom stereocenters. The smallest absolute Gasteiger partial charge is 0.224 e. The largest absolute Gasteiger partial charge is 0.353 e. The molecule has 1 amide bonds. The van der Waals surface area contributed by atoms with E-state index in [-0.39, 0.29) is 24.2 Å². The normalized spacial score (nSPS) is 31.6. The third-order valence-electron chi connectivity index (χ3n) is 4.73. The van der Waals surface area contributed by atoms with Crippen LogP contribution in [0.2, 0.25) is 0 Å². The summed E-state index contributed by atoms with van der Waals surface area (Å²) < 4.78 is 0. The van der Waals surface area contributed by atoms with Crippen LogP contribution in [0.15, 0.2) is 0 Å². The van der Waals surface area contributed by atoms with Crippen LogP contribution in [0.1, 0.15) is 52.4 Å². The van der Waals surface area contributed by atoms with Crippen LogP contribution in [0.3, 0.4) is 0 Å². The van der Waals surface area contributed by atoms with Crippen molar-refractivity contribution in [2.24, 2.45) is 17.8 Å². The Morgan fingerprint density at radius 1 is 1.16 bits per heavy atom. The summed E-state index contributed by atoms with van der Waals surface area (Å²) in [7, 11) is 0. The molecule has 0 radical (unpaired) electrons. The van der Waals surface area contributed by atoms with Gasteiger partial charge in [-0.3, -0.25) is 4.79 Å². The van der Waals surface area contributed by atoms with E-state index in [2.05, 4.69) is 24.5 Å². The highest BCUT2D eigenvalue weighted by molar-refractivity contribution is 5.85. The van der Waals surface area contributed by atoms with Crippen molar-refractivity contribution in [1.29, 1.82) is 0 Å². The maximum absolute atomic E-state index is 12.1. The number of carbonyl (C=O) groups is 1. The maximum atomic E-state index is 12.1. The van der Waals surface area contributed by atoms with E-state index in [1.165, 1.54) is 25.7 Å². The molecule has 2 fully saturated rings. The molecule has 3 nitrogen and oxygen atoms in total. The Labute approximate surface area is 123 Å². The van der Waals surface area contributed by atoms with Crippen molar-refractivity contribution in [2.45, 2.75) is 58.4 Å². The second-order valence-electron chi connectivity index (χ2n) is 6.41. The first-order valence-electron chi connectivity index (χ1n) is 7.68. The Balaban J connectivity index is 0.00000180. The van der Waals surface area contributed by atoms with E-state index in [0.29, 0.717) is 6.04 Å². The van der Waals surface area contributed by atoms with Gasteiger partial charge in [0.15, 0.2) is 0 Å². The number of hydrogen-bond donors (Lipinski definition) is 2. The molecule has 0 aromatic heterocycles. The maximum Gasteiger partial charge on any atom is 0.224 e. The lowest BCUT2D eigenvalue weighted by molar-refractivity contribution is -0.126. The number of rotatable bonds is 3. The summed E-state index contributed by atoms with van der Waals surface area (Å²) in [5.41, 5.74) is 0. The highest BCUT2D eigenvalue weighted by atomic mass is 35.5. The fraction of sp³-hybridized carbons (Fsp3) is 0.933. The van der Waals surface area contributed by atoms with Gasteiger partial charge >= 0.3 is 0 Å². The van der Waals surface area contributed by atoms with Crippen LogP contribution in [0.4, 0.5) is 0 Å². The lowest BCUT2D eigenvalue weighted by Crippen LogP contribution is -2.45. The molecule has 0 bridgehead atoms. The number of piperidine rings is 1. The molecule has 2 aliphatic rings. The van der Waals surface area contributed by atoms with Crippen LogP contribution in [-0.4, -0.2) is 25.0 Å². The Bertz CT molecular complexity index is 269. The van der Waals surface area contributed by atoms with Gasteiger partial charge in [-0.15, -0.1) is 12.4 Å². The third-order valence-corrected chi connectivity index (χ3v) is 4.73. The standard InChI is InChI=1S/C15H28N2O.ClH/c1-11(2)12-5-7-14(8-6-12)17-15(18)13-4-3-9-16-10-13;/h11-14,16H,3-10H2,1-2H3,(H,17,18);1H. The average molecular weight is 289 g/mol. The van der Waals surface area contributed by atoms with Gasteiger partial charge in [-0.2, -0.15) is 0 Å². The molecule has 1 saturated carbocycles. The molecule has 1 aliphatic heterocycles. The third kappa shape index (κ3) is 4.96. The van der Waals surface area contributed by atoms with E-state index >= 15 is 0 Å². The number of nitrogens with one attached hydrogen (secondary N) is 2. The van der Waals surface area contributed by atoms with Crippen LogP contribution in [0.25, 0.3) is 0 Å². The Morgan fingerprint density at radius 2 is 1.84 bits per heavy atom. The summed E-state index contributed by atoms with van der Waals surface area (Å²) in [6, 6.07) is 0.439. The summed E-state index contributed by atoms with van der Waals surface area (Å²) in [6.45, 7) is 6.57. The predicted octanol–water partition coefficient (Wildman–Crippen LogP) is 2.74. The Kier molecular flexibility index (Phi) is 7.16. The second kappa shape index (κ2) is 8.11. The number of halogens is 1. The molecule has 4 heteroatoms. The quantitative estimate of drug-likeness (QED) is 0.838. The van der Waals surface area contributed by atoms with Crippen molar-refractivity contribution in [3.8, 4) is 0 Å². The molecule has 1 heterocycles. The molecule has 2 rings (SSSR count). The van der Waals surface area contributed by atoms with Crippen LogP contribution in [-0.2, 0) is 4.79 Å². The Morgan fingerprint density at radius 3 is 2.37 bits per heavy atom. The lowest BCUT2D eigenvalue weighted by atomic mass is 9.79. The molecule has 0 aromatic carbocycles. The predicted molar refractivity (Wildman–Crippen MR) is 81.6 cm³/mol. The summed E-state index contributed by atoms with van der Waals surface area (Å²) in [4.78, 5) is 12.1. The van der Waals surface area contributed by atoms with Crippen molar-refractivity contribution in [2.75, 3.05) is 13.1 Å². The fourth-order valence-electron chi connectivity index (χ4n) is 3.32. The minimum atomic E-state index is 0. The van der Waals surface area contributed by atoms with Gasteiger partial charge in [-0.25, -0.2) is 0 Å². The van der Waals surface area contributed by atoms with Crippen molar-refractivity contribution in [3.63, 3.8) is 0 Å². The SMILES string of the molecule is CC(C)C1CCC(NC(=O)C2CCCNC2)CC1.Cl. The zero-order chi connectivity index (χ0) is 13.0. The van der Waals surface area contributed by atoms with Crippen LogP contribution in [0.5, 0.6) is 0 Å². The molecule has 2 N–H and O–H groups in total. The van der Waals surface area contributed by atoms with Gasteiger partial charge in [0.05, 0.1) is 5.92 Å². The van der Waals surface area contributed by atoms with Crippen LogP contribution in [0, 0.1) is 17.8 Å². The minimum absolute atomic E-state index is 0. The highest BCUT2D eigenvalue weighted by Gasteiger charge is 2.27. The van der Waals surface area contributed by atoms with E-state index < -0.39 is 0 Å². The van der Waals surface area contributed by atoms with Crippen molar-refractivity contribution < 1.29 is 4.79 Å². The first-order chi connectivity index (χ1) is 8.66. The molecule has 0 spiro atoms. The van der Waals surface area contributed by atoms with Gasteiger partial charge in [-0.1, -0.05) is 13.8 Å². The van der Waals surface area contributed by atoms with Gasteiger partial charge in [0.25, 0.3) is 0 Å². The molecular weight excluding hydrogens is 260 g/mol. The summed E-state index contributed by atoms with van der Waals surface area (Å²) in [5.74, 6) is 2.16. The minimum Gasteiger partial charge on any atom is -0.353 e. The van der Waals surface area contributed by atoms with E-state index in [1.54, 1.807) is 0 Å². The first-order valence-corrected chi connectivity index (χ1v) is 7.68. The van der Waals surface area contributed by atoms with Crippen LogP contribution >= 0.6 is 12.4 Å². The van der Waals surface area contributed by atoms with E-state index in [4.69, 9.17) is 0 Å². The van der Waals surface area contributed by atoms with Gasteiger partial charge in [-0.05, 0) is 56.9 Å². The molecule has 0 aromatic rings. The van der Waals surface area contributed by atoms with Crippen molar-refractivity contribution in [1.82, 2.24) is 10.6 Å². The monoisotopic (exact) mass is 288 g/mol. The molecule has 1 aliphatic carbocycles. The van der Waals surface area contributed by atoms with Crippen molar-refractivity contribution in [3.05, 3.63) is 0 Å². The summed E-state index contributed by atoms with van der Waals surface area (Å²) in [6.07, 6.45) is 7.11. The summed E-state index contributed by atoms with van der Waals surface area (Å²) in [5, 5.41) is 6.58. The summed E-state index contributed by atoms with van der Waals surface area (Å²) >= 11 is 0. The Hall–Kier alpha value is -0.280. The highest BCUT2D eigenvalue weighted by Crippen LogP contribution is 2.30. The molecule has 112 valence electrons. The van der Waals surface area contributed by atoms with Gasteiger partial charge < -0.3 is 10.6 Å². The topological polar surface area (TPSA) is 41.1 Å². The van der Waals surface area contributed by atoms with Crippen molar-refractivity contribution >= 4 is 18.3 Å². The molecular formula is C15H29ClN2O. The van der Waals surface area contributed by atoms with Crippen LogP contribution < -0.4 is 10.6 Å². The van der Waals surface area contributed by atoms with Gasteiger partial charge in [0.1, 0.15) is 0 Å². The lowest BCUT2D eigenvalue weighted by Gasteiger charge is -2.32. The van der Waals surface area contributed by atoms with E-state index in [0.717, 1.165) is 37.8 Å². The second-order valence-corrected chi connectivity index (χ2v) is 6.41. The van der Waals surface area contributed by atoms with Gasteiger partial charge in [0.2, 0.25) is 5.91 Å². The fourth-order valence-corrected chi connectivity index (χ4v) is 3.32. The van der Waals surface area contributed by atoms with E-state index in [1.807, 2.05) is 0 Å². The van der Waals surface area contributed by atoms with E-state index in [9.17, 15) is 4.79 Å². The number of amides is 1. The molecule has 1 saturated heterocycles.